The number of ether oxygens (including phenoxy) is 1. The average Bonchev–Trinajstić information content (AvgIpc) is 3.00. The molecule has 0 aliphatic rings. The molecular weight excluding hydrogens is 254 g/mol. The summed E-state index contributed by atoms with van der Waals surface area (Å²) in [6.45, 7) is 2.03. The van der Waals surface area contributed by atoms with E-state index in [1.165, 1.54) is 5.56 Å². The lowest BCUT2D eigenvalue weighted by atomic mass is 10.1. The topological polar surface area (TPSA) is 58.2 Å². The molecule has 0 aliphatic carbocycles. The van der Waals surface area contributed by atoms with Crippen LogP contribution < -0.4 is 4.74 Å². The summed E-state index contributed by atoms with van der Waals surface area (Å²) >= 11 is 0. The van der Waals surface area contributed by atoms with Crippen LogP contribution >= 0.6 is 0 Å². The lowest BCUT2D eigenvalue weighted by molar-refractivity contribution is 0.0737. The Morgan fingerprint density at radius 2 is 2.05 bits per heavy atom. The molecule has 0 bridgehead atoms. The molecule has 0 saturated heterocycles. The number of likely N-dealkylation sites (N-methyl/N-ethyl adjacent to an activating group) is 1. The highest BCUT2D eigenvalue weighted by Crippen LogP contribution is 2.14. The average molecular weight is 273 g/mol. The largest absolute Gasteiger partial charge is 0.497 e. The molecule has 1 aromatic carbocycles. The van der Waals surface area contributed by atoms with E-state index in [2.05, 4.69) is 10.2 Å². The van der Waals surface area contributed by atoms with Gasteiger partial charge in [-0.05, 0) is 37.1 Å². The number of amides is 1. The minimum atomic E-state index is -0.0523. The van der Waals surface area contributed by atoms with E-state index in [1.807, 2.05) is 31.2 Å². The fourth-order valence-electron chi connectivity index (χ4n) is 2.00. The highest BCUT2D eigenvalue weighted by atomic mass is 16.5. The first-order valence-corrected chi connectivity index (χ1v) is 6.51. The van der Waals surface area contributed by atoms with Gasteiger partial charge in [0.25, 0.3) is 5.91 Å². The van der Waals surface area contributed by atoms with Crippen LogP contribution in [-0.2, 0) is 6.42 Å². The normalized spacial score (nSPS) is 11.9. The Bertz CT molecular complexity index is 549. The molecule has 0 aliphatic heterocycles. The molecule has 1 N–H and O–H groups in total. The minimum Gasteiger partial charge on any atom is -0.497 e. The van der Waals surface area contributed by atoms with E-state index >= 15 is 0 Å². The molecule has 1 unspecified atom stereocenters. The zero-order valence-corrected chi connectivity index (χ0v) is 12.0. The van der Waals surface area contributed by atoms with Gasteiger partial charge < -0.3 is 9.64 Å². The standard InChI is InChI=1S/C15H19N3O2/c1-11(10-12-4-6-13(20-3)7-5-12)18(2)15(19)14-8-9-16-17-14/h4-9,11H,10H2,1-3H3,(H,16,17). The number of nitrogens with zero attached hydrogens (tertiary/aromatic N) is 2. The zero-order chi connectivity index (χ0) is 14.5. The summed E-state index contributed by atoms with van der Waals surface area (Å²) in [6.07, 6.45) is 2.37. The molecule has 2 aromatic rings. The summed E-state index contributed by atoms with van der Waals surface area (Å²) in [6, 6.07) is 9.67. The van der Waals surface area contributed by atoms with E-state index in [4.69, 9.17) is 4.74 Å². The predicted octanol–water partition coefficient (Wildman–Crippen LogP) is 2.12. The molecule has 106 valence electrons. The van der Waals surface area contributed by atoms with Crippen molar-refractivity contribution in [3.8, 4) is 5.75 Å². The van der Waals surface area contributed by atoms with Gasteiger partial charge in [0.2, 0.25) is 0 Å². The number of carbonyl (C=O) groups is 1. The maximum absolute atomic E-state index is 12.2. The molecule has 5 nitrogen and oxygen atoms in total. The number of nitrogens with one attached hydrogen (secondary N) is 1. The second-order valence-electron chi connectivity index (χ2n) is 4.79. The van der Waals surface area contributed by atoms with Crippen molar-refractivity contribution in [1.82, 2.24) is 15.1 Å². The van der Waals surface area contributed by atoms with Gasteiger partial charge >= 0.3 is 0 Å². The molecule has 5 heteroatoms. The third-order valence-electron chi connectivity index (χ3n) is 3.40. The minimum absolute atomic E-state index is 0.0523. The summed E-state index contributed by atoms with van der Waals surface area (Å²) in [5, 5.41) is 6.50. The molecular formula is C15H19N3O2. The van der Waals surface area contributed by atoms with Crippen molar-refractivity contribution in [3.63, 3.8) is 0 Å². The van der Waals surface area contributed by atoms with Crippen LogP contribution in [0.15, 0.2) is 36.5 Å². The number of aromatic amines is 1. The van der Waals surface area contributed by atoms with E-state index in [9.17, 15) is 4.79 Å². The lowest BCUT2D eigenvalue weighted by Gasteiger charge is -2.24. The van der Waals surface area contributed by atoms with E-state index < -0.39 is 0 Å². The van der Waals surface area contributed by atoms with Crippen LogP contribution in [0.25, 0.3) is 0 Å². The quantitative estimate of drug-likeness (QED) is 0.907. The molecule has 0 fully saturated rings. The lowest BCUT2D eigenvalue weighted by Crippen LogP contribution is -2.36. The Morgan fingerprint density at radius 3 is 2.60 bits per heavy atom. The van der Waals surface area contributed by atoms with Crippen LogP contribution in [0, 0.1) is 0 Å². The van der Waals surface area contributed by atoms with E-state index in [0.717, 1.165) is 12.2 Å². The van der Waals surface area contributed by atoms with E-state index in [0.29, 0.717) is 5.69 Å². The van der Waals surface area contributed by atoms with Crippen LogP contribution in [0.2, 0.25) is 0 Å². The van der Waals surface area contributed by atoms with Gasteiger partial charge in [0, 0.05) is 19.3 Å². The van der Waals surface area contributed by atoms with Gasteiger partial charge in [-0.3, -0.25) is 9.89 Å². The van der Waals surface area contributed by atoms with Gasteiger partial charge in [-0.2, -0.15) is 5.10 Å². The van der Waals surface area contributed by atoms with Crippen molar-refractivity contribution >= 4 is 5.91 Å². The number of H-pyrrole nitrogens is 1. The van der Waals surface area contributed by atoms with Crippen molar-refractivity contribution in [1.29, 1.82) is 0 Å². The molecule has 0 spiro atoms. The SMILES string of the molecule is COc1ccc(CC(C)N(C)C(=O)c2ccn[nH]2)cc1. The summed E-state index contributed by atoms with van der Waals surface area (Å²) in [4.78, 5) is 13.9. The maximum Gasteiger partial charge on any atom is 0.271 e. The number of methoxy groups -OCH3 is 1. The summed E-state index contributed by atoms with van der Waals surface area (Å²) in [5.74, 6) is 0.784. The Hall–Kier alpha value is -2.30. The maximum atomic E-state index is 12.2. The van der Waals surface area contributed by atoms with Gasteiger partial charge in [-0.25, -0.2) is 0 Å². The number of rotatable bonds is 5. The summed E-state index contributed by atoms with van der Waals surface area (Å²) < 4.78 is 5.13. The molecule has 0 radical (unpaired) electrons. The van der Waals surface area contributed by atoms with Crippen molar-refractivity contribution in [2.45, 2.75) is 19.4 Å². The highest BCUT2D eigenvalue weighted by Gasteiger charge is 2.18. The Labute approximate surface area is 118 Å². The van der Waals surface area contributed by atoms with Crippen molar-refractivity contribution in [3.05, 3.63) is 47.8 Å². The first-order valence-electron chi connectivity index (χ1n) is 6.51. The molecule has 1 aromatic heterocycles. The molecule has 20 heavy (non-hydrogen) atoms. The molecule has 2 rings (SSSR count). The highest BCUT2D eigenvalue weighted by molar-refractivity contribution is 5.92. The fourth-order valence-corrected chi connectivity index (χ4v) is 2.00. The Balaban J connectivity index is 1.99. The fraction of sp³-hybridized carbons (Fsp3) is 0.333. The third kappa shape index (κ3) is 3.17. The van der Waals surface area contributed by atoms with E-state index in [1.54, 1.807) is 31.3 Å². The number of carbonyl (C=O) groups excluding carboxylic acids is 1. The van der Waals surface area contributed by atoms with Crippen LogP contribution in [0.1, 0.15) is 23.0 Å². The molecule has 0 saturated carbocycles. The predicted molar refractivity (Wildman–Crippen MR) is 76.8 cm³/mol. The molecule has 1 amide bonds. The smallest absolute Gasteiger partial charge is 0.271 e. The van der Waals surface area contributed by atoms with Crippen LogP contribution in [0.3, 0.4) is 0 Å². The number of hydrogen-bond acceptors (Lipinski definition) is 3. The first-order chi connectivity index (χ1) is 9.61. The van der Waals surface area contributed by atoms with Crippen LogP contribution in [0.5, 0.6) is 5.75 Å². The summed E-state index contributed by atoms with van der Waals surface area (Å²) in [7, 11) is 3.45. The first kappa shape index (κ1) is 14.1. The van der Waals surface area contributed by atoms with Crippen molar-refractivity contribution in [2.75, 3.05) is 14.2 Å². The van der Waals surface area contributed by atoms with Crippen molar-refractivity contribution < 1.29 is 9.53 Å². The third-order valence-corrected chi connectivity index (χ3v) is 3.40. The van der Waals surface area contributed by atoms with Gasteiger partial charge in [0.15, 0.2) is 0 Å². The monoisotopic (exact) mass is 273 g/mol. The van der Waals surface area contributed by atoms with Gasteiger partial charge in [0.1, 0.15) is 11.4 Å². The molecule has 1 atom stereocenters. The Kier molecular flexibility index (Phi) is 4.40. The second-order valence-corrected chi connectivity index (χ2v) is 4.79. The van der Waals surface area contributed by atoms with Crippen molar-refractivity contribution in [2.24, 2.45) is 0 Å². The molecule has 1 heterocycles. The van der Waals surface area contributed by atoms with Crippen LogP contribution in [0.4, 0.5) is 0 Å². The second kappa shape index (κ2) is 6.23. The summed E-state index contributed by atoms with van der Waals surface area (Å²) in [5.41, 5.74) is 1.68. The van der Waals surface area contributed by atoms with Gasteiger partial charge in [-0.15, -0.1) is 0 Å². The van der Waals surface area contributed by atoms with Crippen LogP contribution in [-0.4, -0.2) is 41.2 Å². The van der Waals surface area contributed by atoms with E-state index in [-0.39, 0.29) is 11.9 Å². The number of benzene rings is 1. The Morgan fingerprint density at radius 1 is 1.35 bits per heavy atom. The van der Waals surface area contributed by atoms with Gasteiger partial charge in [-0.1, -0.05) is 12.1 Å². The van der Waals surface area contributed by atoms with Gasteiger partial charge in [0.05, 0.1) is 7.11 Å². The zero-order valence-electron chi connectivity index (χ0n) is 12.0. The number of aromatic nitrogens is 2. The number of hydrogen-bond donors (Lipinski definition) is 1.